The van der Waals surface area contributed by atoms with Crippen molar-refractivity contribution in [3.8, 4) is 0 Å². The van der Waals surface area contributed by atoms with Crippen LogP contribution in [0.4, 0.5) is 5.69 Å². The van der Waals surface area contributed by atoms with Gasteiger partial charge < -0.3 is 5.32 Å². The van der Waals surface area contributed by atoms with Crippen LogP contribution in [0.2, 0.25) is 0 Å². The molecular weight excluding hydrogens is 146 g/mol. The van der Waals surface area contributed by atoms with E-state index in [1.165, 1.54) is 5.69 Å². The molecule has 1 aliphatic rings. The molecule has 0 saturated carbocycles. The lowest BCUT2D eigenvalue weighted by molar-refractivity contribution is 1.00. The van der Waals surface area contributed by atoms with E-state index in [1.54, 1.807) is 18.1 Å². The summed E-state index contributed by atoms with van der Waals surface area (Å²) in [6.45, 7) is 0.821. The van der Waals surface area contributed by atoms with E-state index in [-0.39, 0.29) is 0 Å². The van der Waals surface area contributed by atoms with E-state index in [0.29, 0.717) is 0 Å². The maximum Gasteiger partial charge on any atom is 0.0750 e. The molecule has 0 unspecified atom stereocenters. The molecule has 0 fully saturated rings. The van der Waals surface area contributed by atoms with Crippen molar-refractivity contribution >= 4 is 17.6 Å². The van der Waals surface area contributed by atoms with Crippen molar-refractivity contribution in [2.24, 2.45) is 0 Å². The van der Waals surface area contributed by atoms with Gasteiger partial charge in [0.1, 0.15) is 0 Å². The van der Waals surface area contributed by atoms with Gasteiger partial charge in [0.2, 0.25) is 0 Å². The predicted octanol–water partition coefficient (Wildman–Crippen LogP) is 1.06. The van der Waals surface area contributed by atoms with Crippen LogP contribution in [0.3, 0.4) is 0 Å². The number of aromatic nitrogens is 1. The van der Waals surface area contributed by atoms with Gasteiger partial charge >= 0.3 is 0 Å². The summed E-state index contributed by atoms with van der Waals surface area (Å²) in [5, 5.41) is 3.19. The molecular formula is C6H7N3S. The molecule has 10 heavy (non-hydrogen) atoms. The number of fused-ring (bicyclic) bond motifs is 1. The number of hydrogen-bond acceptors (Lipinski definition) is 4. The molecule has 0 atom stereocenters. The third-order valence-corrected chi connectivity index (χ3v) is 2.15. The molecule has 2 heterocycles. The van der Waals surface area contributed by atoms with Gasteiger partial charge in [-0.1, -0.05) is 0 Å². The molecule has 0 bridgehead atoms. The van der Waals surface area contributed by atoms with Crippen LogP contribution in [0.5, 0.6) is 0 Å². The van der Waals surface area contributed by atoms with Crippen molar-refractivity contribution in [2.75, 3.05) is 12.0 Å². The summed E-state index contributed by atoms with van der Waals surface area (Å²) >= 11 is 1.61. The Morgan fingerprint density at radius 3 is 3.50 bits per heavy atom. The Balaban J connectivity index is 2.41. The first kappa shape index (κ1) is 6.00. The highest BCUT2D eigenvalue weighted by molar-refractivity contribution is 7.97. The second-order valence-electron chi connectivity index (χ2n) is 1.97. The van der Waals surface area contributed by atoms with E-state index >= 15 is 0 Å². The molecule has 1 aromatic heterocycles. The third kappa shape index (κ3) is 0.955. The zero-order chi connectivity index (χ0) is 6.81. The minimum Gasteiger partial charge on any atom is -0.371 e. The Hall–Kier alpha value is -0.740. The zero-order valence-electron chi connectivity index (χ0n) is 5.29. The molecule has 0 spiro atoms. The van der Waals surface area contributed by atoms with Gasteiger partial charge in [0, 0.05) is 12.4 Å². The van der Waals surface area contributed by atoms with E-state index < -0.39 is 0 Å². The van der Waals surface area contributed by atoms with Gasteiger partial charge in [-0.25, -0.2) is 4.72 Å². The van der Waals surface area contributed by atoms with Crippen LogP contribution in [0.25, 0.3) is 0 Å². The lowest BCUT2D eigenvalue weighted by Gasteiger charge is -2.16. The Bertz CT molecular complexity index is 213. The first-order valence-corrected chi connectivity index (χ1v) is 3.86. The molecule has 0 amide bonds. The highest BCUT2D eigenvalue weighted by atomic mass is 32.2. The van der Waals surface area contributed by atoms with Gasteiger partial charge in [-0.15, -0.1) is 0 Å². The summed E-state index contributed by atoms with van der Waals surface area (Å²) in [7, 11) is 0. The Morgan fingerprint density at radius 1 is 1.60 bits per heavy atom. The van der Waals surface area contributed by atoms with Crippen molar-refractivity contribution in [1.29, 1.82) is 0 Å². The summed E-state index contributed by atoms with van der Waals surface area (Å²) in [6.07, 6.45) is 3.64. The summed E-state index contributed by atoms with van der Waals surface area (Å²) in [6, 6.07) is 1.98. The van der Waals surface area contributed by atoms with Crippen molar-refractivity contribution < 1.29 is 0 Å². The average Bonchev–Trinajstić information content (AvgIpc) is 2.05. The minimum absolute atomic E-state index is 0.821. The molecule has 2 rings (SSSR count). The van der Waals surface area contributed by atoms with Crippen molar-refractivity contribution in [3.05, 3.63) is 18.5 Å². The van der Waals surface area contributed by atoms with Gasteiger partial charge in [0.25, 0.3) is 0 Å². The Labute approximate surface area is 63.4 Å². The molecule has 0 aliphatic carbocycles. The number of hydrogen-bond donors (Lipinski definition) is 2. The molecule has 1 aromatic rings. The number of anilines is 1. The van der Waals surface area contributed by atoms with E-state index in [0.717, 1.165) is 11.6 Å². The monoisotopic (exact) mass is 153 g/mol. The van der Waals surface area contributed by atoms with Gasteiger partial charge in [0.05, 0.1) is 17.3 Å². The topological polar surface area (TPSA) is 37.0 Å². The van der Waals surface area contributed by atoms with Crippen LogP contribution in [0, 0.1) is 0 Å². The van der Waals surface area contributed by atoms with Crippen LogP contribution in [0.15, 0.2) is 23.4 Å². The number of rotatable bonds is 0. The fraction of sp³-hybridized carbons (Fsp3) is 0.167. The van der Waals surface area contributed by atoms with E-state index in [9.17, 15) is 0 Å². The largest absolute Gasteiger partial charge is 0.371 e. The maximum absolute atomic E-state index is 4.00. The summed E-state index contributed by atoms with van der Waals surface area (Å²) in [5.74, 6) is 0. The lowest BCUT2D eigenvalue weighted by Crippen LogP contribution is -2.19. The van der Waals surface area contributed by atoms with Gasteiger partial charge in [-0.05, 0) is 18.0 Å². The molecule has 2 N–H and O–H groups in total. The van der Waals surface area contributed by atoms with E-state index in [1.807, 2.05) is 12.3 Å². The Kier molecular flexibility index (Phi) is 1.49. The SMILES string of the molecule is c1cc2c(cn1)SNCN2. The highest BCUT2D eigenvalue weighted by Gasteiger charge is 2.05. The Morgan fingerprint density at radius 2 is 2.60 bits per heavy atom. The van der Waals surface area contributed by atoms with E-state index in [4.69, 9.17) is 0 Å². The number of nitrogens with zero attached hydrogens (tertiary/aromatic N) is 1. The highest BCUT2D eigenvalue weighted by Crippen LogP contribution is 2.25. The molecule has 1 aliphatic heterocycles. The van der Waals surface area contributed by atoms with Crippen LogP contribution >= 0.6 is 11.9 Å². The zero-order valence-corrected chi connectivity index (χ0v) is 6.11. The summed E-state index contributed by atoms with van der Waals surface area (Å²) < 4.78 is 3.11. The standard InChI is InChI=1S/C6H7N3S/c1-2-7-3-6-5(1)8-4-9-10-6/h1-3,8-9H,4H2. The van der Waals surface area contributed by atoms with Crippen LogP contribution in [-0.4, -0.2) is 11.7 Å². The average molecular weight is 153 g/mol. The maximum atomic E-state index is 4.00. The van der Waals surface area contributed by atoms with E-state index in [2.05, 4.69) is 15.0 Å². The second-order valence-corrected chi connectivity index (χ2v) is 2.90. The van der Waals surface area contributed by atoms with Gasteiger partial charge in [-0.3, -0.25) is 4.98 Å². The number of nitrogens with one attached hydrogen (secondary N) is 2. The predicted molar refractivity (Wildman–Crippen MR) is 41.7 cm³/mol. The lowest BCUT2D eigenvalue weighted by atomic mass is 10.4. The molecule has 0 saturated heterocycles. The minimum atomic E-state index is 0.821. The molecule has 4 heteroatoms. The third-order valence-electron chi connectivity index (χ3n) is 1.32. The second kappa shape index (κ2) is 2.48. The van der Waals surface area contributed by atoms with Gasteiger partial charge in [-0.2, -0.15) is 0 Å². The molecule has 0 aromatic carbocycles. The first-order valence-electron chi connectivity index (χ1n) is 3.04. The fourth-order valence-corrected chi connectivity index (χ4v) is 1.52. The summed E-state index contributed by atoms with van der Waals surface area (Å²) in [5.41, 5.74) is 1.17. The van der Waals surface area contributed by atoms with Crippen LogP contribution < -0.4 is 10.0 Å². The first-order chi connectivity index (χ1) is 4.97. The molecule has 52 valence electrons. The quantitative estimate of drug-likeness (QED) is 0.546. The smallest absolute Gasteiger partial charge is 0.0750 e. The normalized spacial score (nSPS) is 15.6. The van der Waals surface area contributed by atoms with Crippen LogP contribution in [-0.2, 0) is 0 Å². The molecule has 0 radical (unpaired) electrons. The van der Waals surface area contributed by atoms with Gasteiger partial charge in [0.15, 0.2) is 0 Å². The van der Waals surface area contributed by atoms with Crippen molar-refractivity contribution in [3.63, 3.8) is 0 Å². The fourth-order valence-electron chi connectivity index (χ4n) is 0.852. The summed E-state index contributed by atoms with van der Waals surface area (Å²) in [4.78, 5) is 5.16. The molecule has 3 nitrogen and oxygen atoms in total. The van der Waals surface area contributed by atoms with Crippen molar-refractivity contribution in [1.82, 2.24) is 9.71 Å². The number of pyridine rings is 1. The van der Waals surface area contributed by atoms with Crippen molar-refractivity contribution in [2.45, 2.75) is 4.90 Å². The van der Waals surface area contributed by atoms with Crippen LogP contribution in [0.1, 0.15) is 0 Å².